The van der Waals surface area contributed by atoms with Crippen LogP contribution in [0.4, 0.5) is 0 Å². The molecule has 2 unspecified atom stereocenters. The molecule has 3 nitrogen and oxygen atoms in total. The van der Waals surface area contributed by atoms with E-state index in [9.17, 15) is 0 Å². The number of hydrogen-bond donors (Lipinski definition) is 1. The summed E-state index contributed by atoms with van der Waals surface area (Å²) >= 11 is 0. The van der Waals surface area contributed by atoms with Gasteiger partial charge in [-0.05, 0) is 25.0 Å². The highest BCUT2D eigenvalue weighted by molar-refractivity contribution is 5.09. The van der Waals surface area contributed by atoms with Crippen LogP contribution in [0.1, 0.15) is 44.9 Å². The number of ether oxygens (including phenoxy) is 1. The Hall–Kier alpha value is -0.930. The van der Waals surface area contributed by atoms with Gasteiger partial charge in [-0.2, -0.15) is 0 Å². The van der Waals surface area contributed by atoms with Crippen LogP contribution in [0.25, 0.3) is 0 Å². The van der Waals surface area contributed by atoms with Gasteiger partial charge in [-0.3, -0.25) is 4.98 Å². The zero-order chi connectivity index (χ0) is 11.8. The van der Waals surface area contributed by atoms with Crippen LogP contribution in [0.15, 0.2) is 24.4 Å². The Labute approximate surface area is 98.0 Å². The lowest BCUT2D eigenvalue weighted by Gasteiger charge is -2.22. The van der Waals surface area contributed by atoms with Gasteiger partial charge < -0.3 is 10.5 Å². The molecule has 90 valence electrons. The number of rotatable bonds is 7. The maximum Gasteiger partial charge on any atom is 0.114 e. The van der Waals surface area contributed by atoms with Crippen molar-refractivity contribution in [2.45, 2.75) is 45.3 Å². The smallest absolute Gasteiger partial charge is 0.114 e. The molecule has 1 aromatic rings. The van der Waals surface area contributed by atoms with E-state index >= 15 is 0 Å². The van der Waals surface area contributed by atoms with E-state index in [1.165, 1.54) is 0 Å². The van der Waals surface area contributed by atoms with Crippen molar-refractivity contribution in [2.75, 3.05) is 6.61 Å². The molecule has 3 heteroatoms. The van der Waals surface area contributed by atoms with Crippen molar-refractivity contribution in [3.8, 4) is 0 Å². The molecule has 0 spiro atoms. The number of pyridine rings is 1. The molecule has 2 atom stereocenters. The number of nitrogens with two attached hydrogens (primary N) is 1. The number of unbranched alkanes of at least 4 members (excludes halogenated alkanes) is 1. The fourth-order valence-corrected chi connectivity index (χ4v) is 1.54. The predicted molar refractivity (Wildman–Crippen MR) is 66.1 cm³/mol. The van der Waals surface area contributed by atoms with Gasteiger partial charge in [0.05, 0.1) is 5.69 Å². The SMILES string of the molecule is CCCCOC(c1ccccn1)C(N)CC. The van der Waals surface area contributed by atoms with E-state index in [1.807, 2.05) is 18.2 Å². The second kappa shape index (κ2) is 7.36. The summed E-state index contributed by atoms with van der Waals surface area (Å²) in [7, 11) is 0. The van der Waals surface area contributed by atoms with E-state index in [2.05, 4.69) is 18.8 Å². The Morgan fingerprint density at radius 3 is 2.75 bits per heavy atom. The minimum Gasteiger partial charge on any atom is -0.370 e. The first kappa shape index (κ1) is 13.1. The molecule has 0 aliphatic heterocycles. The molecule has 0 aliphatic rings. The minimum absolute atomic E-state index is 0.0201. The molecule has 16 heavy (non-hydrogen) atoms. The van der Waals surface area contributed by atoms with Gasteiger partial charge in [0, 0.05) is 18.8 Å². The van der Waals surface area contributed by atoms with Gasteiger partial charge in [-0.25, -0.2) is 0 Å². The Bertz CT molecular complexity index is 277. The van der Waals surface area contributed by atoms with Crippen molar-refractivity contribution >= 4 is 0 Å². The monoisotopic (exact) mass is 222 g/mol. The number of aromatic nitrogens is 1. The summed E-state index contributed by atoms with van der Waals surface area (Å²) in [6, 6.07) is 5.88. The van der Waals surface area contributed by atoms with Gasteiger partial charge in [0.1, 0.15) is 6.10 Å². The van der Waals surface area contributed by atoms with Crippen LogP contribution in [-0.2, 0) is 4.74 Å². The highest BCUT2D eigenvalue weighted by Crippen LogP contribution is 2.20. The molecule has 0 bridgehead atoms. The summed E-state index contributed by atoms with van der Waals surface area (Å²) in [6.07, 6.45) is 4.81. The molecule has 0 aliphatic carbocycles. The maximum atomic E-state index is 6.07. The second-order valence-corrected chi connectivity index (χ2v) is 3.97. The lowest BCUT2D eigenvalue weighted by molar-refractivity contribution is 0.0290. The Kier molecular flexibility index (Phi) is 6.04. The Balaban J connectivity index is 2.64. The van der Waals surface area contributed by atoms with E-state index in [4.69, 9.17) is 10.5 Å². The fourth-order valence-electron chi connectivity index (χ4n) is 1.54. The summed E-state index contributed by atoms with van der Waals surface area (Å²) in [5.41, 5.74) is 7.00. The molecule has 1 aromatic heterocycles. The molecule has 0 aromatic carbocycles. The molecule has 0 radical (unpaired) electrons. The fraction of sp³-hybridized carbons (Fsp3) is 0.615. The van der Waals surface area contributed by atoms with Crippen LogP contribution in [0, 0.1) is 0 Å². The third-order valence-corrected chi connectivity index (χ3v) is 2.63. The van der Waals surface area contributed by atoms with Gasteiger partial charge in [0.15, 0.2) is 0 Å². The van der Waals surface area contributed by atoms with E-state index in [0.717, 1.165) is 31.6 Å². The molecule has 0 amide bonds. The molecule has 0 fully saturated rings. The highest BCUT2D eigenvalue weighted by atomic mass is 16.5. The zero-order valence-electron chi connectivity index (χ0n) is 10.2. The van der Waals surface area contributed by atoms with Gasteiger partial charge >= 0.3 is 0 Å². The molecular formula is C13H22N2O. The minimum atomic E-state index is -0.0715. The summed E-state index contributed by atoms with van der Waals surface area (Å²) in [4.78, 5) is 4.32. The molecule has 1 rings (SSSR count). The van der Waals surface area contributed by atoms with Gasteiger partial charge in [-0.1, -0.05) is 26.3 Å². The Morgan fingerprint density at radius 1 is 1.38 bits per heavy atom. The summed E-state index contributed by atoms with van der Waals surface area (Å²) in [5, 5.41) is 0. The van der Waals surface area contributed by atoms with Crippen LogP contribution in [0.5, 0.6) is 0 Å². The largest absolute Gasteiger partial charge is 0.370 e. The van der Waals surface area contributed by atoms with Gasteiger partial charge in [0.2, 0.25) is 0 Å². The topological polar surface area (TPSA) is 48.1 Å². The quantitative estimate of drug-likeness (QED) is 0.721. The first-order valence-corrected chi connectivity index (χ1v) is 6.07. The molecule has 2 N–H and O–H groups in total. The first-order valence-electron chi connectivity index (χ1n) is 6.07. The van der Waals surface area contributed by atoms with Crippen LogP contribution in [0.2, 0.25) is 0 Å². The Morgan fingerprint density at radius 2 is 2.19 bits per heavy atom. The molecular weight excluding hydrogens is 200 g/mol. The number of hydrogen-bond acceptors (Lipinski definition) is 3. The average molecular weight is 222 g/mol. The summed E-state index contributed by atoms with van der Waals surface area (Å²) < 4.78 is 5.83. The van der Waals surface area contributed by atoms with E-state index < -0.39 is 0 Å². The van der Waals surface area contributed by atoms with Crippen molar-refractivity contribution in [1.29, 1.82) is 0 Å². The molecule has 0 saturated heterocycles. The zero-order valence-corrected chi connectivity index (χ0v) is 10.2. The highest BCUT2D eigenvalue weighted by Gasteiger charge is 2.19. The summed E-state index contributed by atoms with van der Waals surface area (Å²) in [6.45, 7) is 4.98. The first-order chi connectivity index (χ1) is 7.79. The van der Waals surface area contributed by atoms with Gasteiger partial charge in [0.25, 0.3) is 0 Å². The normalized spacial score (nSPS) is 14.7. The van der Waals surface area contributed by atoms with Crippen molar-refractivity contribution in [1.82, 2.24) is 4.98 Å². The van der Waals surface area contributed by atoms with E-state index in [1.54, 1.807) is 6.20 Å². The molecule has 0 saturated carbocycles. The maximum absolute atomic E-state index is 6.07. The van der Waals surface area contributed by atoms with Crippen molar-refractivity contribution < 1.29 is 4.74 Å². The van der Waals surface area contributed by atoms with E-state index in [-0.39, 0.29) is 12.1 Å². The standard InChI is InChI=1S/C13H22N2O/c1-3-5-10-16-13(11(14)4-2)12-8-6-7-9-15-12/h6-9,11,13H,3-5,10,14H2,1-2H3. The second-order valence-electron chi connectivity index (χ2n) is 3.97. The molecule has 1 heterocycles. The predicted octanol–water partition coefficient (Wildman–Crippen LogP) is 2.68. The lowest BCUT2D eigenvalue weighted by Crippen LogP contribution is -2.30. The van der Waals surface area contributed by atoms with Crippen LogP contribution in [0.3, 0.4) is 0 Å². The third kappa shape index (κ3) is 3.91. The average Bonchev–Trinajstić information content (AvgIpc) is 2.35. The van der Waals surface area contributed by atoms with E-state index in [0.29, 0.717) is 0 Å². The third-order valence-electron chi connectivity index (χ3n) is 2.63. The summed E-state index contributed by atoms with van der Waals surface area (Å²) in [5.74, 6) is 0. The van der Waals surface area contributed by atoms with Crippen LogP contribution < -0.4 is 5.73 Å². The van der Waals surface area contributed by atoms with Crippen LogP contribution >= 0.6 is 0 Å². The van der Waals surface area contributed by atoms with Crippen LogP contribution in [-0.4, -0.2) is 17.6 Å². The van der Waals surface area contributed by atoms with Crippen molar-refractivity contribution in [3.63, 3.8) is 0 Å². The van der Waals surface area contributed by atoms with Crippen molar-refractivity contribution in [2.24, 2.45) is 5.73 Å². The van der Waals surface area contributed by atoms with Gasteiger partial charge in [-0.15, -0.1) is 0 Å². The number of nitrogens with zero attached hydrogens (tertiary/aromatic N) is 1. The van der Waals surface area contributed by atoms with Crippen molar-refractivity contribution in [3.05, 3.63) is 30.1 Å². The lowest BCUT2D eigenvalue weighted by atomic mass is 10.1.